The Balaban J connectivity index is 1.33. The van der Waals surface area contributed by atoms with Crippen molar-refractivity contribution < 1.29 is 4.79 Å². The molecule has 27 heavy (non-hydrogen) atoms. The maximum Gasteiger partial charge on any atom is 0.248 e. The highest BCUT2D eigenvalue weighted by atomic mass is 16.2. The van der Waals surface area contributed by atoms with Gasteiger partial charge in [-0.15, -0.1) is 0 Å². The summed E-state index contributed by atoms with van der Waals surface area (Å²) in [7, 11) is 0. The molecule has 1 saturated carbocycles. The fourth-order valence-corrected chi connectivity index (χ4v) is 4.75. The molecule has 1 aromatic carbocycles. The first-order chi connectivity index (χ1) is 13.3. The standard InChI is InChI=1S/C22H30N4O/c27-21(22(11-14-23-15-12-22)26-16-4-13-25-26)24-17-18-7-9-20(10-8-18)19-5-2-1-3-6-19/h1-6,13,16,18,20,23H,7-12,14-15,17H2,(H,24,27). The summed E-state index contributed by atoms with van der Waals surface area (Å²) in [5.41, 5.74) is 0.933. The Hall–Kier alpha value is -2.14. The lowest BCUT2D eigenvalue weighted by Gasteiger charge is -2.37. The van der Waals surface area contributed by atoms with Gasteiger partial charge in [0.2, 0.25) is 5.91 Å². The van der Waals surface area contributed by atoms with Crippen LogP contribution in [0.15, 0.2) is 48.8 Å². The van der Waals surface area contributed by atoms with Crippen molar-refractivity contribution in [2.24, 2.45) is 5.92 Å². The first kappa shape index (κ1) is 18.2. The number of carbonyl (C=O) groups is 1. The quantitative estimate of drug-likeness (QED) is 0.855. The van der Waals surface area contributed by atoms with Crippen LogP contribution < -0.4 is 10.6 Å². The predicted molar refractivity (Wildman–Crippen MR) is 106 cm³/mol. The number of benzene rings is 1. The third kappa shape index (κ3) is 3.93. The molecule has 0 bridgehead atoms. The van der Waals surface area contributed by atoms with E-state index < -0.39 is 5.54 Å². The smallest absolute Gasteiger partial charge is 0.248 e. The van der Waals surface area contributed by atoms with Crippen molar-refractivity contribution in [2.45, 2.75) is 50.0 Å². The summed E-state index contributed by atoms with van der Waals surface area (Å²) < 4.78 is 1.87. The van der Waals surface area contributed by atoms with E-state index in [4.69, 9.17) is 0 Å². The van der Waals surface area contributed by atoms with Gasteiger partial charge in [0.15, 0.2) is 0 Å². The first-order valence-electron chi connectivity index (χ1n) is 10.3. The topological polar surface area (TPSA) is 59.0 Å². The summed E-state index contributed by atoms with van der Waals surface area (Å²) in [6.45, 7) is 2.50. The van der Waals surface area contributed by atoms with Gasteiger partial charge in [-0.05, 0) is 75.1 Å². The maximum absolute atomic E-state index is 13.1. The highest BCUT2D eigenvalue weighted by Crippen LogP contribution is 2.35. The summed E-state index contributed by atoms with van der Waals surface area (Å²) in [5.74, 6) is 1.40. The normalized spacial score (nSPS) is 25.0. The van der Waals surface area contributed by atoms with E-state index in [-0.39, 0.29) is 5.91 Å². The van der Waals surface area contributed by atoms with Gasteiger partial charge in [0, 0.05) is 18.9 Å². The summed E-state index contributed by atoms with van der Waals surface area (Å²) in [5, 5.41) is 11.0. The van der Waals surface area contributed by atoms with Crippen molar-refractivity contribution in [2.75, 3.05) is 19.6 Å². The Bertz CT molecular complexity index is 714. The number of aromatic nitrogens is 2. The van der Waals surface area contributed by atoms with Crippen molar-refractivity contribution in [3.05, 3.63) is 54.4 Å². The number of hydrogen-bond acceptors (Lipinski definition) is 3. The maximum atomic E-state index is 13.1. The molecule has 2 aromatic rings. The van der Waals surface area contributed by atoms with Crippen LogP contribution in [0.2, 0.25) is 0 Å². The van der Waals surface area contributed by atoms with Gasteiger partial charge in [-0.3, -0.25) is 9.48 Å². The molecule has 0 atom stereocenters. The van der Waals surface area contributed by atoms with Crippen molar-refractivity contribution in [1.29, 1.82) is 0 Å². The lowest BCUT2D eigenvalue weighted by molar-refractivity contribution is -0.132. The lowest BCUT2D eigenvalue weighted by atomic mass is 9.78. The average Bonchev–Trinajstić information content (AvgIpc) is 3.29. The molecule has 5 nitrogen and oxygen atoms in total. The molecular weight excluding hydrogens is 336 g/mol. The molecule has 1 aliphatic carbocycles. The molecule has 2 heterocycles. The third-order valence-corrected chi connectivity index (χ3v) is 6.47. The number of nitrogens with zero attached hydrogens (tertiary/aromatic N) is 2. The van der Waals surface area contributed by atoms with E-state index in [0.717, 1.165) is 32.5 Å². The minimum Gasteiger partial charge on any atom is -0.354 e. The number of piperidine rings is 1. The molecule has 4 rings (SSSR count). The van der Waals surface area contributed by atoms with Crippen LogP contribution in [-0.2, 0) is 10.3 Å². The molecule has 5 heteroatoms. The summed E-state index contributed by atoms with van der Waals surface area (Å²) in [6, 6.07) is 12.8. The number of nitrogens with one attached hydrogen (secondary N) is 2. The molecule has 144 valence electrons. The van der Waals surface area contributed by atoms with E-state index in [1.165, 1.54) is 31.2 Å². The molecule has 2 N–H and O–H groups in total. The van der Waals surface area contributed by atoms with Crippen LogP contribution in [-0.4, -0.2) is 35.3 Å². The molecular formula is C22H30N4O. The van der Waals surface area contributed by atoms with E-state index >= 15 is 0 Å². The fourth-order valence-electron chi connectivity index (χ4n) is 4.75. The summed E-state index contributed by atoms with van der Waals surface area (Å²) in [6.07, 6.45) is 10.1. The van der Waals surface area contributed by atoms with Gasteiger partial charge < -0.3 is 10.6 Å². The van der Waals surface area contributed by atoms with Gasteiger partial charge in [0.25, 0.3) is 0 Å². The molecule has 1 aliphatic heterocycles. The molecule has 1 amide bonds. The van der Waals surface area contributed by atoms with Crippen LogP contribution in [0.25, 0.3) is 0 Å². The van der Waals surface area contributed by atoms with Crippen molar-refractivity contribution in [1.82, 2.24) is 20.4 Å². The second-order valence-corrected chi connectivity index (χ2v) is 8.07. The molecule has 0 spiro atoms. The number of amides is 1. The van der Waals surface area contributed by atoms with E-state index in [1.54, 1.807) is 6.20 Å². The van der Waals surface area contributed by atoms with Crippen LogP contribution in [0.5, 0.6) is 0 Å². The zero-order valence-corrected chi connectivity index (χ0v) is 15.9. The highest BCUT2D eigenvalue weighted by Gasteiger charge is 2.42. The van der Waals surface area contributed by atoms with Crippen LogP contribution >= 0.6 is 0 Å². The summed E-state index contributed by atoms with van der Waals surface area (Å²) >= 11 is 0. The largest absolute Gasteiger partial charge is 0.354 e. The second-order valence-electron chi connectivity index (χ2n) is 8.07. The zero-order chi connectivity index (χ0) is 18.5. The average molecular weight is 367 g/mol. The Kier molecular flexibility index (Phi) is 5.58. The molecule has 0 unspecified atom stereocenters. The minimum absolute atomic E-state index is 0.137. The van der Waals surface area contributed by atoms with Gasteiger partial charge in [0.1, 0.15) is 5.54 Å². The molecule has 1 saturated heterocycles. The molecule has 2 fully saturated rings. The van der Waals surface area contributed by atoms with Crippen LogP contribution in [0.3, 0.4) is 0 Å². The Morgan fingerprint density at radius 2 is 1.85 bits per heavy atom. The van der Waals surface area contributed by atoms with Crippen LogP contribution in [0.1, 0.15) is 50.0 Å². The van der Waals surface area contributed by atoms with Crippen molar-refractivity contribution in [3.63, 3.8) is 0 Å². The monoisotopic (exact) mass is 366 g/mol. The second kappa shape index (κ2) is 8.26. The fraction of sp³-hybridized carbons (Fsp3) is 0.545. The highest BCUT2D eigenvalue weighted by molar-refractivity contribution is 5.84. The van der Waals surface area contributed by atoms with Crippen LogP contribution in [0.4, 0.5) is 0 Å². The Morgan fingerprint density at radius 3 is 2.52 bits per heavy atom. The molecule has 2 aliphatic rings. The SMILES string of the molecule is O=C(NCC1CCC(c2ccccc2)CC1)C1(n2cccn2)CCNCC1. The van der Waals surface area contributed by atoms with Gasteiger partial charge in [0.05, 0.1) is 0 Å². The van der Waals surface area contributed by atoms with Gasteiger partial charge >= 0.3 is 0 Å². The predicted octanol–water partition coefficient (Wildman–Crippen LogP) is 3.05. The number of rotatable bonds is 5. The lowest BCUT2D eigenvalue weighted by Crippen LogP contribution is -2.55. The van der Waals surface area contributed by atoms with Gasteiger partial charge in [-0.1, -0.05) is 30.3 Å². The Labute approximate surface area is 161 Å². The van der Waals surface area contributed by atoms with E-state index in [1.807, 2.05) is 16.9 Å². The van der Waals surface area contributed by atoms with E-state index in [0.29, 0.717) is 11.8 Å². The van der Waals surface area contributed by atoms with E-state index in [9.17, 15) is 4.79 Å². The van der Waals surface area contributed by atoms with Crippen molar-refractivity contribution in [3.8, 4) is 0 Å². The molecule has 1 aromatic heterocycles. The summed E-state index contributed by atoms with van der Waals surface area (Å²) in [4.78, 5) is 13.1. The zero-order valence-electron chi connectivity index (χ0n) is 15.9. The van der Waals surface area contributed by atoms with E-state index in [2.05, 4.69) is 46.1 Å². The number of carbonyl (C=O) groups excluding carboxylic acids is 1. The molecule has 0 radical (unpaired) electrons. The van der Waals surface area contributed by atoms with Crippen molar-refractivity contribution >= 4 is 5.91 Å². The van der Waals surface area contributed by atoms with Gasteiger partial charge in [-0.25, -0.2) is 0 Å². The first-order valence-corrected chi connectivity index (χ1v) is 10.3. The van der Waals surface area contributed by atoms with Gasteiger partial charge in [-0.2, -0.15) is 5.10 Å². The minimum atomic E-state index is -0.532. The number of hydrogen-bond donors (Lipinski definition) is 2. The third-order valence-electron chi connectivity index (χ3n) is 6.47. The van der Waals surface area contributed by atoms with Crippen LogP contribution in [0, 0.1) is 5.92 Å². The Morgan fingerprint density at radius 1 is 1.11 bits per heavy atom.